The summed E-state index contributed by atoms with van der Waals surface area (Å²) in [6.45, 7) is 6.37. The molecular weight excluding hydrogens is 214 g/mol. The largest absolute Gasteiger partial charge is 0.353 e. The maximum absolute atomic E-state index is 11.6. The molecule has 98 valence electrons. The molecule has 2 N–H and O–H groups in total. The number of likely N-dealkylation sites (N-methyl/N-ethyl adjacent to an activating group) is 1. The van der Waals surface area contributed by atoms with Gasteiger partial charge in [-0.3, -0.25) is 9.69 Å². The Kier molecular flexibility index (Phi) is 4.80. The number of hydrogen-bond acceptors (Lipinski definition) is 3. The summed E-state index contributed by atoms with van der Waals surface area (Å²) in [7, 11) is 0. The van der Waals surface area contributed by atoms with Crippen molar-refractivity contribution in [3.8, 4) is 0 Å². The molecule has 2 fully saturated rings. The first-order valence-electron chi connectivity index (χ1n) is 7.03. The molecule has 0 aromatic carbocycles. The summed E-state index contributed by atoms with van der Waals surface area (Å²) in [5.74, 6) is 0.231. The SMILES string of the molecule is CCN(CCC(=O)NC1CC1)C1CCCNC1. The molecule has 0 radical (unpaired) electrons. The third-order valence-corrected chi connectivity index (χ3v) is 3.76. The van der Waals surface area contributed by atoms with Crippen molar-refractivity contribution in [1.82, 2.24) is 15.5 Å². The highest BCUT2D eigenvalue weighted by Crippen LogP contribution is 2.18. The Hall–Kier alpha value is -0.610. The molecule has 4 heteroatoms. The summed E-state index contributed by atoms with van der Waals surface area (Å²) < 4.78 is 0. The molecule has 1 aliphatic heterocycles. The topological polar surface area (TPSA) is 44.4 Å². The summed E-state index contributed by atoms with van der Waals surface area (Å²) in [6.07, 6.45) is 5.53. The predicted molar refractivity (Wildman–Crippen MR) is 68.9 cm³/mol. The van der Waals surface area contributed by atoms with E-state index in [9.17, 15) is 4.79 Å². The van der Waals surface area contributed by atoms with Gasteiger partial charge in [-0.15, -0.1) is 0 Å². The van der Waals surface area contributed by atoms with Gasteiger partial charge in [-0.1, -0.05) is 6.92 Å². The van der Waals surface area contributed by atoms with Crippen LogP contribution in [0.5, 0.6) is 0 Å². The van der Waals surface area contributed by atoms with Crippen molar-refractivity contribution >= 4 is 5.91 Å². The number of nitrogens with zero attached hydrogens (tertiary/aromatic N) is 1. The van der Waals surface area contributed by atoms with Crippen LogP contribution in [0.15, 0.2) is 0 Å². The van der Waals surface area contributed by atoms with Crippen molar-refractivity contribution < 1.29 is 4.79 Å². The lowest BCUT2D eigenvalue weighted by Crippen LogP contribution is -2.47. The van der Waals surface area contributed by atoms with Crippen LogP contribution < -0.4 is 10.6 Å². The molecule has 1 heterocycles. The predicted octanol–water partition coefficient (Wildman–Crippen LogP) is 0.729. The van der Waals surface area contributed by atoms with Crippen molar-refractivity contribution in [2.24, 2.45) is 0 Å². The summed E-state index contributed by atoms with van der Waals surface area (Å²) in [6, 6.07) is 1.12. The van der Waals surface area contributed by atoms with Gasteiger partial charge in [0.05, 0.1) is 0 Å². The number of piperidine rings is 1. The van der Waals surface area contributed by atoms with E-state index in [1.807, 2.05) is 0 Å². The Morgan fingerprint density at radius 1 is 1.41 bits per heavy atom. The van der Waals surface area contributed by atoms with Gasteiger partial charge in [0.1, 0.15) is 0 Å². The maximum atomic E-state index is 11.6. The first kappa shape index (κ1) is 12.8. The molecule has 1 saturated heterocycles. The zero-order valence-electron chi connectivity index (χ0n) is 10.9. The normalized spacial score (nSPS) is 24.9. The molecule has 2 aliphatic rings. The molecule has 0 aromatic heterocycles. The van der Waals surface area contributed by atoms with E-state index in [0.717, 1.165) is 26.2 Å². The Labute approximate surface area is 104 Å². The highest BCUT2D eigenvalue weighted by atomic mass is 16.1. The van der Waals surface area contributed by atoms with Gasteiger partial charge in [-0.05, 0) is 38.8 Å². The second-order valence-electron chi connectivity index (χ2n) is 5.22. The lowest BCUT2D eigenvalue weighted by atomic mass is 10.1. The third-order valence-electron chi connectivity index (χ3n) is 3.76. The van der Waals surface area contributed by atoms with Gasteiger partial charge < -0.3 is 10.6 Å². The van der Waals surface area contributed by atoms with Crippen LogP contribution in [-0.4, -0.2) is 49.1 Å². The number of rotatable bonds is 6. The fraction of sp³-hybridized carbons (Fsp3) is 0.923. The molecule has 17 heavy (non-hydrogen) atoms. The molecule has 1 saturated carbocycles. The van der Waals surface area contributed by atoms with Gasteiger partial charge >= 0.3 is 0 Å². The van der Waals surface area contributed by atoms with E-state index in [1.165, 1.54) is 25.7 Å². The molecular formula is C13H25N3O. The van der Waals surface area contributed by atoms with Crippen LogP contribution in [0.2, 0.25) is 0 Å². The van der Waals surface area contributed by atoms with Crippen LogP contribution in [0.4, 0.5) is 0 Å². The van der Waals surface area contributed by atoms with Crippen molar-refractivity contribution in [1.29, 1.82) is 0 Å². The second-order valence-corrected chi connectivity index (χ2v) is 5.22. The monoisotopic (exact) mass is 239 g/mol. The summed E-state index contributed by atoms with van der Waals surface area (Å²) in [4.78, 5) is 14.1. The van der Waals surface area contributed by atoms with Crippen molar-refractivity contribution in [2.75, 3.05) is 26.2 Å². The molecule has 4 nitrogen and oxygen atoms in total. The number of amides is 1. The average Bonchev–Trinajstić information content (AvgIpc) is 3.15. The quantitative estimate of drug-likeness (QED) is 0.718. The maximum Gasteiger partial charge on any atom is 0.221 e. The fourth-order valence-electron chi connectivity index (χ4n) is 2.52. The van der Waals surface area contributed by atoms with Crippen molar-refractivity contribution in [3.63, 3.8) is 0 Å². The molecule has 0 spiro atoms. The van der Waals surface area contributed by atoms with Crippen LogP contribution in [-0.2, 0) is 4.79 Å². The number of nitrogens with one attached hydrogen (secondary N) is 2. The zero-order chi connectivity index (χ0) is 12.1. The minimum Gasteiger partial charge on any atom is -0.353 e. The Morgan fingerprint density at radius 2 is 2.24 bits per heavy atom. The first-order valence-corrected chi connectivity index (χ1v) is 7.03. The Morgan fingerprint density at radius 3 is 2.82 bits per heavy atom. The van der Waals surface area contributed by atoms with Gasteiger partial charge in [-0.25, -0.2) is 0 Å². The standard InChI is InChI=1S/C13H25N3O/c1-2-16(12-4-3-8-14-10-12)9-7-13(17)15-11-5-6-11/h11-12,14H,2-10H2,1H3,(H,15,17). The number of carbonyl (C=O) groups excluding carboxylic acids is 1. The van der Waals surface area contributed by atoms with E-state index < -0.39 is 0 Å². The average molecular weight is 239 g/mol. The van der Waals surface area contributed by atoms with Crippen LogP contribution in [0.25, 0.3) is 0 Å². The fourth-order valence-corrected chi connectivity index (χ4v) is 2.52. The molecule has 1 amide bonds. The van der Waals surface area contributed by atoms with Gasteiger partial charge in [-0.2, -0.15) is 0 Å². The van der Waals surface area contributed by atoms with Gasteiger partial charge in [0.15, 0.2) is 0 Å². The molecule has 0 bridgehead atoms. The highest BCUT2D eigenvalue weighted by molar-refractivity contribution is 5.76. The Bertz CT molecular complexity index is 247. The van der Waals surface area contributed by atoms with Crippen LogP contribution in [0.3, 0.4) is 0 Å². The molecule has 1 aliphatic carbocycles. The first-order chi connectivity index (χ1) is 8.29. The van der Waals surface area contributed by atoms with E-state index in [1.54, 1.807) is 0 Å². The summed E-state index contributed by atoms with van der Waals surface area (Å²) in [5.41, 5.74) is 0. The third kappa shape index (κ3) is 4.28. The van der Waals surface area contributed by atoms with Crippen LogP contribution in [0.1, 0.15) is 39.0 Å². The minimum atomic E-state index is 0.231. The van der Waals surface area contributed by atoms with Crippen LogP contribution >= 0.6 is 0 Å². The lowest BCUT2D eigenvalue weighted by molar-refractivity contribution is -0.121. The van der Waals surface area contributed by atoms with E-state index in [0.29, 0.717) is 18.5 Å². The zero-order valence-corrected chi connectivity index (χ0v) is 10.9. The van der Waals surface area contributed by atoms with Crippen LogP contribution in [0, 0.1) is 0 Å². The molecule has 1 unspecified atom stereocenters. The Balaban J connectivity index is 1.68. The second kappa shape index (κ2) is 6.36. The van der Waals surface area contributed by atoms with Crippen molar-refractivity contribution in [3.05, 3.63) is 0 Å². The van der Waals surface area contributed by atoms with Gasteiger partial charge in [0.25, 0.3) is 0 Å². The van der Waals surface area contributed by atoms with E-state index >= 15 is 0 Å². The smallest absolute Gasteiger partial charge is 0.221 e. The molecule has 2 rings (SSSR count). The summed E-state index contributed by atoms with van der Waals surface area (Å²) >= 11 is 0. The molecule has 1 atom stereocenters. The van der Waals surface area contributed by atoms with Gasteiger partial charge in [0.2, 0.25) is 5.91 Å². The highest BCUT2D eigenvalue weighted by Gasteiger charge is 2.24. The van der Waals surface area contributed by atoms with Crippen molar-refractivity contribution in [2.45, 2.75) is 51.1 Å². The van der Waals surface area contributed by atoms with E-state index in [-0.39, 0.29) is 5.91 Å². The summed E-state index contributed by atoms with van der Waals surface area (Å²) in [5, 5.41) is 6.49. The number of hydrogen-bond donors (Lipinski definition) is 2. The number of carbonyl (C=O) groups is 1. The lowest BCUT2D eigenvalue weighted by Gasteiger charge is -2.33. The molecule has 0 aromatic rings. The minimum absolute atomic E-state index is 0.231. The van der Waals surface area contributed by atoms with E-state index in [4.69, 9.17) is 0 Å². The van der Waals surface area contributed by atoms with Gasteiger partial charge in [0, 0.05) is 31.6 Å². The van der Waals surface area contributed by atoms with E-state index in [2.05, 4.69) is 22.5 Å².